The number of para-hydroxylation sites is 4. The largest absolute Gasteiger partial charge is 0.309 e. The highest BCUT2D eigenvalue weighted by Gasteiger charge is 2.21. The summed E-state index contributed by atoms with van der Waals surface area (Å²) in [7, 11) is 0. The molecule has 50 heavy (non-hydrogen) atoms. The van der Waals surface area contributed by atoms with Gasteiger partial charge in [0.15, 0.2) is 0 Å². The van der Waals surface area contributed by atoms with Gasteiger partial charge in [0, 0.05) is 49.0 Å². The highest BCUT2D eigenvalue weighted by molar-refractivity contribution is 6.27. The van der Waals surface area contributed by atoms with Crippen molar-refractivity contribution in [2.45, 2.75) is 0 Å². The number of hydrogen-bond donors (Lipinski definition) is 0. The van der Waals surface area contributed by atoms with Crippen LogP contribution in [0.5, 0.6) is 0 Å². The highest BCUT2D eigenvalue weighted by Crippen LogP contribution is 2.42. The van der Waals surface area contributed by atoms with Crippen LogP contribution < -0.4 is 0 Å². The standard InChI is InChI=1S/C46H28N4/c1-3-13-29(14-4-1)43-39-19-7-10-20-40(39)47-46(48-43)50-42-22-12-9-18-34(42)38-26-24-32-31-23-25-37-33-17-8-11-21-41(33)49(30-15-5-2-6-16-30)44(37)35(31)27-28-36(32)45(38)50/h1-28H. The van der Waals surface area contributed by atoms with E-state index in [1.807, 2.05) is 6.07 Å². The van der Waals surface area contributed by atoms with Crippen LogP contribution in [0.1, 0.15) is 0 Å². The smallest absolute Gasteiger partial charge is 0.235 e. The van der Waals surface area contributed by atoms with Gasteiger partial charge >= 0.3 is 0 Å². The fourth-order valence-electron chi connectivity index (χ4n) is 8.17. The quantitative estimate of drug-likeness (QED) is 0.181. The minimum Gasteiger partial charge on any atom is -0.309 e. The SMILES string of the molecule is c1ccc(-c2nc(-n3c4ccccc4c4ccc5c6ccc7c8ccccc8n(-c8ccccc8)c7c6ccc5c43)nc3ccccc23)cc1. The van der Waals surface area contributed by atoms with E-state index in [1.54, 1.807) is 0 Å². The summed E-state index contributed by atoms with van der Waals surface area (Å²) in [5, 5.41) is 10.7. The van der Waals surface area contributed by atoms with E-state index in [4.69, 9.17) is 9.97 Å². The molecular weight excluding hydrogens is 609 g/mol. The Morgan fingerprint density at radius 1 is 0.320 bits per heavy atom. The van der Waals surface area contributed by atoms with Gasteiger partial charge in [0.05, 0.1) is 33.3 Å². The van der Waals surface area contributed by atoms with Crippen molar-refractivity contribution in [1.82, 2.24) is 19.1 Å². The summed E-state index contributed by atoms with van der Waals surface area (Å²) in [6.45, 7) is 0. The minimum atomic E-state index is 0.668. The van der Waals surface area contributed by atoms with E-state index in [0.29, 0.717) is 5.95 Å². The lowest BCUT2D eigenvalue weighted by Crippen LogP contribution is -2.03. The molecule has 8 aromatic carbocycles. The summed E-state index contributed by atoms with van der Waals surface area (Å²) < 4.78 is 4.69. The molecule has 11 aromatic rings. The molecule has 0 N–H and O–H groups in total. The van der Waals surface area contributed by atoms with Crippen LogP contribution in [0.15, 0.2) is 170 Å². The molecule has 0 saturated carbocycles. The lowest BCUT2D eigenvalue weighted by atomic mass is 9.97. The first-order valence-electron chi connectivity index (χ1n) is 17.0. The normalized spacial score (nSPS) is 12.0. The highest BCUT2D eigenvalue weighted by atomic mass is 15.2. The first kappa shape index (κ1) is 27.2. The zero-order valence-electron chi connectivity index (χ0n) is 27.0. The van der Waals surface area contributed by atoms with E-state index >= 15 is 0 Å². The van der Waals surface area contributed by atoms with Gasteiger partial charge in [0.2, 0.25) is 5.95 Å². The van der Waals surface area contributed by atoms with Crippen molar-refractivity contribution < 1.29 is 0 Å². The van der Waals surface area contributed by atoms with Crippen LogP contribution in [0, 0.1) is 0 Å². The van der Waals surface area contributed by atoms with Gasteiger partial charge in [-0.05, 0) is 41.1 Å². The second-order valence-corrected chi connectivity index (χ2v) is 13.0. The summed E-state index contributed by atoms with van der Waals surface area (Å²) in [6, 6.07) is 60.6. The topological polar surface area (TPSA) is 35.6 Å². The van der Waals surface area contributed by atoms with E-state index < -0.39 is 0 Å². The van der Waals surface area contributed by atoms with E-state index in [-0.39, 0.29) is 0 Å². The van der Waals surface area contributed by atoms with Crippen LogP contribution >= 0.6 is 0 Å². The van der Waals surface area contributed by atoms with Gasteiger partial charge in [-0.2, -0.15) is 0 Å². The molecule has 4 heteroatoms. The third kappa shape index (κ3) is 3.76. The third-order valence-corrected chi connectivity index (χ3v) is 10.3. The van der Waals surface area contributed by atoms with Crippen LogP contribution in [0.25, 0.3) is 99.0 Å². The number of nitrogens with zero attached hydrogens (tertiary/aromatic N) is 4. The van der Waals surface area contributed by atoms with Crippen molar-refractivity contribution in [3.8, 4) is 22.9 Å². The van der Waals surface area contributed by atoms with Gasteiger partial charge in [-0.25, -0.2) is 9.97 Å². The fourth-order valence-corrected chi connectivity index (χ4v) is 8.17. The Labute approximate surface area is 287 Å². The first-order valence-corrected chi connectivity index (χ1v) is 17.0. The molecule has 4 nitrogen and oxygen atoms in total. The van der Waals surface area contributed by atoms with Gasteiger partial charge in [0.1, 0.15) is 0 Å². The van der Waals surface area contributed by atoms with Crippen molar-refractivity contribution >= 4 is 76.1 Å². The molecule has 0 radical (unpaired) electrons. The van der Waals surface area contributed by atoms with Gasteiger partial charge in [0.25, 0.3) is 0 Å². The molecule has 3 heterocycles. The Balaban J connectivity index is 1.27. The van der Waals surface area contributed by atoms with Crippen LogP contribution in [0.2, 0.25) is 0 Å². The Kier molecular flexibility index (Phi) is 5.63. The van der Waals surface area contributed by atoms with E-state index in [2.05, 4.69) is 173 Å². The molecule has 3 aromatic heterocycles. The number of fused-ring (bicyclic) bond motifs is 12. The predicted molar refractivity (Wildman–Crippen MR) is 209 cm³/mol. The van der Waals surface area contributed by atoms with Gasteiger partial charge in [-0.1, -0.05) is 140 Å². The maximum Gasteiger partial charge on any atom is 0.235 e. The zero-order valence-corrected chi connectivity index (χ0v) is 27.0. The Hall–Kier alpha value is -6.78. The number of rotatable bonds is 3. The molecule has 0 spiro atoms. The van der Waals surface area contributed by atoms with Crippen LogP contribution in [0.4, 0.5) is 0 Å². The second-order valence-electron chi connectivity index (χ2n) is 13.0. The first-order chi connectivity index (χ1) is 24.8. The Morgan fingerprint density at radius 2 is 0.780 bits per heavy atom. The molecular formula is C46H28N4. The summed E-state index contributed by atoms with van der Waals surface area (Å²) in [5.74, 6) is 0.668. The summed E-state index contributed by atoms with van der Waals surface area (Å²) in [6.07, 6.45) is 0. The van der Waals surface area contributed by atoms with E-state index in [1.165, 1.54) is 54.1 Å². The number of benzene rings is 8. The molecule has 0 aliphatic rings. The molecule has 232 valence electrons. The number of hydrogen-bond acceptors (Lipinski definition) is 2. The van der Waals surface area contributed by atoms with Crippen LogP contribution in [-0.4, -0.2) is 19.1 Å². The summed E-state index contributed by atoms with van der Waals surface area (Å²) in [4.78, 5) is 10.6. The lowest BCUT2D eigenvalue weighted by Gasteiger charge is -2.14. The van der Waals surface area contributed by atoms with Gasteiger partial charge < -0.3 is 4.57 Å². The number of aromatic nitrogens is 4. The Morgan fingerprint density at radius 3 is 1.42 bits per heavy atom. The second kappa shape index (κ2) is 10.4. The van der Waals surface area contributed by atoms with E-state index in [0.717, 1.165) is 38.9 Å². The third-order valence-electron chi connectivity index (χ3n) is 10.3. The predicted octanol–water partition coefficient (Wildman–Crippen LogP) is 11.8. The molecule has 0 amide bonds. The van der Waals surface area contributed by atoms with Gasteiger partial charge in [-0.3, -0.25) is 4.57 Å². The Bertz CT molecular complexity index is 3140. The van der Waals surface area contributed by atoms with Crippen molar-refractivity contribution in [1.29, 1.82) is 0 Å². The fraction of sp³-hybridized carbons (Fsp3) is 0. The molecule has 0 unspecified atom stereocenters. The molecule has 0 saturated heterocycles. The zero-order chi connectivity index (χ0) is 32.8. The summed E-state index contributed by atoms with van der Waals surface area (Å²) in [5.41, 5.74) is 8.71. The molecule has 0 atom stereocenters. The monoisotopic (exact) mass is 636 g/mol. The minimum absolute atomic E-state index is 0.668. The molecule has 0 fully saturated rings. The van der Waals surface area contributed by atoms with Crippen molar-refractivity contribution in [3.05, 3.63) is 170 Å². The summed E-state index contributed by atoms with van der Waals surface area (Å²) >= 11 is 0. The molecule has 0 aliphatic heterocycles. The average Bonchev–Trinajstić information content (AvgIpc) is 3.71. The lowest BCUT2D eigenvalue weighted by molar-refractivity contribution is 1.02. The van der Waals surface area contributed by atoms with Crippen molar-refractivity contribution in [2.24, 2.45) is 0 Å². The van der Waals surface area contributed by atoms with E-state index in [9.17, 15) is 0 Å². The maximum atomic E-state index is 5.34. The maximum absolute atomic E-state index is 5.34. The molecule has 0 aliphatic carbocycles. The average molecular weight is 637 g/mol. The molecule has 0 bridgehead atoms. The van der Waals surface area contributed by atoms with Crippen LogP contribution in [-0.2, 0) is 0 Å². The van der Waals surface area contributed by atoms with Gasteiger partial charge in [-0.15, -0.1) is 0 Å². The van der Waals surface area contributed by atoms with Crippen LogP contribution in [0.3, 0.4) is 0 Å². The van der Waals surface area contributed by atoms with Crippen molar-refractivity contribution in [2.75, 3.05) is 0 Å². The molecule has 11 rings (SSSR count). The van der Waals surface area contributed by atoms with Crippen molar-refractivity contribution in [3.63, 3.8) is 0 Å².